The molecule has 0 fully saturated rings. The summed E-state index contributed by atoms with van der Waals surface area (Å²) in [5.41, 5.74) is 6.41. The van der Waals surface area contributed by atoms with E-state index in [2.05, 4.69) is 54.1 Å². The number of benzene rings is 1. The number of pyridine rings is 1. The highest BCUT2D eigenvalue weighted by atomic mass is 28.4. The fraction of sp³-hybridized carbons (Fsp3) is 0.400. The van der Waals surface area contributed by atoms with E-state index in [9.17, 15) is 13.2 Å². The van der Waals surface area contributed by atoms with Gasteiger partial charge in [-0.15, -0.1) is 0 Å². The molecule has 0 spiro atoms. The summed E-state index contributed by atoms with van der Waals surface area (Å²) in [6.45, 7) is 11.7. The summed E-state index contributed by atoms with van der Waals surface area (Å²) < 4.78 is 50.3. The molecule has 11 heteroatoms. The van der Waals surface area contributed by atoms with Gasteiger partial charge < -0.3 is 20.2 Å². The molecule has 3 rings (SSSR count). The van der Waals surface area contributed by atoms with E-state index in [4.69, 9.17) is 14.9 Å². The van der Waals surface area contributed by atoms with E-state index in [0.29, 0.717) is 30.3 Å². The number of nitrogens with zero attached hydrogens (tertiary/aromatic N) is 3. The van der Waals surface area contributed by atoms with Crippen LogP contribution in [0.15, 0.2) is 48.7 Å². The first-order valence-electron chi connectivity index (χ1n) is 11.6. The highest BCUT2D eigenvalue weighted by molar-refractivity contribution is 6.74. The van der Waals surface area contributed by atoms with E-state index in [1.54, 1.807) is 24.3 Å². The molecule has 0 aliphatic heterocycles. The van der Waals surface area contributed by atoms with Crippen molar-refractivity contribution in [3.8, 4) is 11.5 Å². The molecule has 3 aromatic rings. The number of halogens is 3. The zero-order valence-corrected chi connectivity index (χ0v) is 22.1. The molecule has 0 saturated carbocycles. The van der Waals surface area contributed by atoms with E-state index in [0.717, 1.165) is 24.4 Å². The molecule has 0 saturated heterocycles. The van der Waals surface area contributed by atoms with Gasteiger partial charge >= 0.3 is 6.18 Å². The standard InChI is InChI=1S/C25H32F3N5O2Si/c1-24(2,3)36(4,5)34-14-6-7-18-15-22(33-23(29)32-18)31-17-8-10-19(11-9-17)35-20-12-13-30-21(16-20)25(26,27)28/h8-13,15-16H,6-7,14H2,1-5H3,(H3,29,31,32,33). The normalized spacial score (nSPS) is 12.4. The van der Waals surface area contributed by atoms with E-state index in [1.807, 2.05) is 6.07 Å². The average molecular weight is 520 g/mol. The number of aryl methyl sites for hydroxylation is 1. The van der Waals surface area contributed by atoms with Crippen LogP contribution >= 0.6 is 0 Å². The lowest BCUT2D eigenvalue weighted by Gasteiger charge is -2.36. The smallest absolute Gasteiger partial charge is 0.433 e. The average Bonchev–Trinajstić information content (AvgIpc) is 2.77. The maximum Gasteiger partial charge on any atom is 0.433 e. The van der Waals surface area contributed by atoms with Gasteiger partial charge in [0.15, 0.2) is 8.32 Å². The van der Waals surface area contributed by atoms with Crippen molar-refractivity contribution in [3.05, 3.63) is 60.0 Å². The second kappa shape index (κ2) is 10.8. The fourth-order valence-electron chi connectivity index (χ4n) is 3.03. The molecular formula is C25H32F3N5O2Si. The van der Waals surface area contributed by atoms with Crippen molar-refractivity contribution in [3.63, 3.8) is 0 Å². The molecule has 0 amide bonds. The van der Waals surface area contributed by atoms with Crippen molar-refractivity contribution in [2.45, 2.75) is 57.9 Å². The highest BCUT2D eigenvalue weighted by Crippen LogP contribution is 2.36. The second-order valence-electron chi connectivity index (χ2n) is 9.94. The third-order valence-corrected chi connectivity index (χ3v) is 10.6. The molecule has 194 valence electrons. The van der Waals surface area contributed by atoms with Gasteiger partial charge in [0.2, 0.25) is 5.95 Å². The highest BCUT2D eigenvalue weighted by Gasteiger charge is 2.36. The number of aromatic nitrogens is 3. The molecule has 2 aromatic heterocycles. The zero-order valence-electron chi connectivity index (χ0n) is 21.1. The lowest BCUT2D eigenvalue weighted by molar-refractivity contribution is -0.141. The molecule has 3 N–H and O–H groups in total. The first-order chi connectivity index (χ1) is 16.7. The van der Waals surface area contributed by atoms with Crippen LogP contribution in [0.5, 0.6) is 11.5 Å². The summed E-state index contributed by atoms with van der Waals surface area (Å²) in [7, 11) is -1.79. The SMILES string of the molecule is CC(C)(C)[Si](C)(C)OCCCc1cc(Nc2ccc(Oc3ccnc(C(F)(F)F)c3)cc2)nc(N)n1. The minimum absolute atomic E-state index is 0.0452. The lowest BCUT2D eigenvalue weighted by atomic mass is 10.2. The largest absolute Gasteiger partial charge is 0.457 e. The molecule has 2 heterocycles. The van der Waals surface area contributed by atoms with Crippen molar-refractivity contribution in [1.29, 1.82) is 0 Å². The van der Waals surface area contributed by atoms with Gasteiger partial charge in [-0.2, -0.15) is 18.2 Å². The van der Waals surface area contributed by atoms with Gasteiger partial charge in [-0.3, -0.25) is 4.98 Å². The number of anilines is 3. The van der Waals surface area contributed by atoms with Gasteiger partial charge in [0.05, 0.1) is 0 Å². The van der Waals surface area contributed by atoms with Gasteiger partial charge in [0.1, 0.15) is 23.0 Å². The first-order valence-corrected chi connectivity index (χ1v) is 14.5. The summed E-state index contributed by atoms with van der Waals surface area (Å²) in [6, 6.07) is 10.8. The fourth-order valence-corrected chi connectivity index (χ4v) is 4.11. The minimum Gasteiger partial charge on any atom is -0.457 e. The molecule has 0 bridgehead atoms. The van der Waals surface area contributed by atoms with Crippen LogP contribution in [-0.2, 0) is 17.0 Å². The second-order valence-corrected chi connectivity index (χ2v) is 14.8. The van der Waals surface area contributed by atoms with Crippen LogP contribution in [0.25, 0.3) is 0 Å². The Kier molecular flexibility index (Phi) is 8.25. The Morgan fingerprint density at radius 2 is 1.67 bits per heavy atom. The summed E-state index contributed by atoms with van der Waals surface area (Å²) in [4.78, 5) is 11.9. The number of nitrogens with two attached hydrogens (primary N) is 1. The molecule has 0 unspecified atom stereocenters. The van der Waals surface area contributed by atoms with Crippen molar-refractivity contribution in [2.24, 2.45) is 0 Å². The number of rotatable bonds is 9. The molecule has 0 radical (unpaired) electrons. The number of nitrogen functional groups attached to an aromatic ring is 1. The third-order valence-electron chi connectivity index (χ3n) is 6.03. The van der Waals surface area contributed by atoms with Gasteiger partial charge in [-0.05, 0) is 61.3 Å². The van der Waals surface area contributed by atoms with E-state index < -0.39 is 20.2 Å². The maximum absolute atomic E-state index is 12.8. The Morgan fingerprint density at radius 3 is 2.31 bits per heavy atom. The predicted octanol–water partition coefficient (Wildman–Crippen LogP) is 6.96. The molecule has 36 heavy (non-hydrogen) atoms. The van der Waals surface area contributed by atoms with E-state index in [-0.39, 0.29) is 16.7 Å². The monoisotopic (exact) mass is 519 g/mol. The molecular weight excluding hydrogens is 487 g/mol. The maximum atomic E-state index is 12.8. The number of hydrogen-bond donors (Lipinski definition) is 2. The van der Waals surface area contributed by atoms with Crippen LogP contribution in [0.1, 0.15) is 38.6 Å². The molecule has 7 nitrogen and oxygen atoms in total. The van der Waals surface area contributed by atoms with Gasteiger partial charge in [0.25, 0.3) is 0 Å². The topological polar surface area (TPSA) is 95.2 Å². The van der Waals surface area contributed by atoms with Crippen LogP contribution in [-0.4, -0.2) is 29.9 Å². The molecule has 0 aliphatic rings. The summed E-state index contributed by atoms with van der Waals surface area (Å²) in [5.74, 6) is 1.13. The summed E-state index contributed by atoms with van der Waals surface area (Å²) >= 11 is 0. The Morgan fingerprint density at radius 1 is 0.972 bits per heavy atom. The lowest BCUT2D eigenvalue weighted by Crippen LogP contribution is -2.41. The van der Waals surface area contributed by atoms with Crippen molar-refractivity contribution >= 4 is 25.8 Å². The molecule has 0 atom stereocenters. The number of nitrogens with one attached hydrogen (secondary N) is 1. The quantitative estimate of drug-likeness (QED) is 0.233. The van der Waals surface area contributed by atoms with Crippen LogP contribution in [0.3, 0.4) is 0 Å². The van der Waals surface area contributed by atoms with Gasteiger partial charge in [0, 0.05) is 36.3 Å². The number of ether oxygens (including phenoxy) is 1. The minimum atomic E-state index is -4.54. The Hall–Kier alpha value is -3.18. The number of hydrogen-bond acceptors (Lipinski definition) is 7. The summed E-state index contributed by atoms with van der Waals surface area (Å²) in [6.07, 6.45) is -1.96. The first kappa shape index (κ1) is 27.4. The molecule has 0 aliphatic carbocycles. The van der Waals surface area contributed by atoms with Crippen LogP contribution < -0.4 is 15.8 Å². The Balaban J connectivity index is 1.59. The van der Waals surface area contributed by atoms with Crippen LogP contribution in [0.2, 0.25) is 18.1 Å². The zero-order chi connectivity index (χ0) is 26.6. The van der Waals surface area contributed by atoms with E-state index in [1.165, 1.54) is 6.07 Å². The van der Waals surface area contributed by atoms with Crippen molar-refractivity contribution in [1.82, 2.24) is 15.0 Å². The van der Waals surface area contributed by atoms with Crippen LogP contribution in [0.4, 0.5) is 30.6 Å². The van der Waals surface area contributed by atoms with Gasteiger partial charge in [-0.25, -0.2) is 4.98 Å². The number of alkyl halides is 3. The van der Waals surface area contributed by atoms with Crippen molar-refractivity contribution in [2.75, 3.05) is 17.7 Å². The molecule has 1 aromatic carbocycles. The van der Waals surface area contributed by atoms with Crippen LogP contribution in [0, 0.1) is 0 Å². The summed E-state index contributed by atoms with van der Waals surface area (Å²) in [5, 5.41) is 3.33. The Bertz CT molecular complexity index is 1170. The van der Waals surface area contributed by atoms with E-state index >= 15 is 0 Å². The Labute approximate surface area is 210 Å². The van der Waals surface area contributed by atoms with Gasteiger partial charge in [-0.1, -0.05) is 20.8 Å². The third kappa shape index (κ3) is 7.66. The van der Waals surface area contributed by atoms with Crippen molar-refractivity contribution < 1.29 is 22.3 Å². The predicted molar refractivity (Wildman–Crippen MR) is 137 cm³/mol.